The van der Waals surface area contributed by atoms with E-state index >= 15 is 0 Å². The predicted octanol–water partition coefficient (Wildman–Crippen LogP) is 3.75. The Kier molecular flexibility index (Phi) is 4.12. The summed E-state index contributed by atoms with van der Waals surface area (Å²) in [7, 11) is 1.82. The van der Waals surface area contributed by atoms with Gasteiger partial charge in [-0.25, -0.2) is 9.37 Å². The minimum absolute atomic E-state index is 0.229. The lowest BCUT2D eigenvalue weighted by Crippen LogP contribution is -2.18. The third-order valence-electron chi connectivity index (χ3n) is 2.63. The molecule has 0 saturated heterocycles. The van der Waals surface area contributed by atoms with E-state index in [0.717, 1.165) is 5.56 Å². The van der Waals surface area contributed by atoms with Crippen LogP contribution in [0.3, 0.4) is 0 Å². The number of hydrogen-bond acceptors (Lipinski definition) is 3. The minimum Gasteiger partial charge on any atom is -0.382 e. The molecular formula is C13H12Cl2FN3. The van der Waals surface area contributed by atoms with Crippen LogP contribution in [-0.2, 0) is 6.54 Å². The molecule has 0 fully saturated rings. The normalized spacial score (nSPS) is 10.5. The Hall–Kier alpha value is -1.52. The number of aromatic nitrogens is 1. The average Bonchev–Trinajstić information content (AvgIpc) is 2.36. The van der Waals surface area contributed by atoms with Crippen LogP contribution in [0.4, 0.5) is 16.0 Å². The topological polar surface area (TPSA) is 42.2 Å². The van der Waals surface area contributed by atoms with E-state index in [2.05, 4.69) is 4.98 Å². The molecule has 1 aromatic heterocycles. The van der Waals surface area contributed by atoms with Gasteiger partial charge in [-0.15, -0.1) is 0 Å². The number of nitrogens with zero attached hydrogens (tertiary/aromatic N) is 2. The molecule has 0 saturated carbocycles. The molecule has 6 heteroatoms. The van der Waals surface area contributed by atoms with Gasteiger partial charge in [0.25, 0.3) is 0 Å². The first-order valence-corrected chi connectivity index (χ1v) is 6.30. The van der Waals surface area contributed by atoms with E-state index in [4.69, 9.17) is 28.9 Å². The lowest BCUT2D eigenvalue weighted by molar-refractivity contribution is 0.627. The van der Waals surface area contributed by atoms with Gasteiger partial charge in [-0.3, -0.25) is 0 Å². The molecule has 0 unspecified atom stereocenters. The van der Waals surface area contributed by atoms with Crippen molar-refractivity contribution in [3.63, 3.8) is 0 Å². The molecule has 0 spiro atoms. The minimum atomic E-state index is -0.265. The molecule has 0 atom stereocenters. The van der Waals surface area contributed by atoms with Gasteiger partial charge in [0.2, 0.25) is 0 Å². The number of hydrogen-bond donors (Lipinski definition) is 1. The molecule has 0 radical (unpaired) electrons. The maximum atomic E-state index is 12.8. The zero-order chi connectivity index (χ0) is 14.0. The molecule has 0 aliphatic carbocycles. The summed E-state index contributed by atoms with van der Waals surface area (Å²) in [6.45, 7) is 0.536. The maximum Gasteiger partial charge on any atom is 0.149 e. The van der Waals surface area contributed by atoms with Crippen molar-refractivity contribution in [2.75, 3.05) is 17.7 Å². The van der Waals surface area contributed by atoms with Gasteiger partial charge >= 0.3 is 0 Å². The summed E-state index contributed by atoms with van der Waals surface area (Å²) in [6, 6.07) is 7.79. The van der Waals surface area contributed by atoms with Gasteiger partial charge in [-0.05, 0) is 23.8 Å². The van der Waals surface area contributed by atoms with Crippen LogP contribution in [0.25, 0.3) is 0 Å². The second kappa shape index (κ2) is 5.63. The molecule has 0 aliphatic heterocycles. The highest BCUT2D eigenvalue weighted by Crippen LogP contribution is 2.30. The first kappa shape index (κ1) is 13.9. The van der Waals surface area contributed by atoms with Crippen molar-refractivity contribution in [3.8, 4) is 0 Å². The second-order valence-corrected chi connectivity index (χ2v) is 4.96. The Labute approximate surface area is 120 Å². The standard InChI is InChI=1S/C13H12Cl2FN3/c1-19(7-8-2-4-9(16)5-3-8)13-11(15)6-10(14)12(17)18-13/h2-6H,7H2,1H3,(H2,17,18). The highest BCUT2D eigenvalue weighted by molar-refractivity contribution is 6.37. The van der Waals surface area contributed by atoms with Gasteiger partial charge < -0.3 is 10.6 Å². The number of nitrogen functional groups attached to an aromatic ring is 1. The summed E-state index contributed by atoms with van der Waals surface area (Å²) in [4.78, 5) is 5.97. The first-order chi connectivity index (χ1) is 8.97. The molecule has 0 aliphatic rings. The monoisotopic (exact) mass is 299 g/mol. The highest BCUT2D eigenvalue weighted by Gasteiger charge is 2.11. The quantitative estimate of drug-likeness (QED) is 0.938. The van der Waals surface area contributed by atoms with Gasteiger partial charge in [-0.1, -0.05) is 35.3 Å². The second-order valence-electron chi connectivity index (χ2n) is 4.14. The van der Waals surface area contributed by atoms with Crippen molar-refractivity contribution in [1.82, 2.24) is 4.98 Å². The van der Waals surface area contributed by atoms with E-state index in [1.165, 1.54) is 12.1 Å². The molecule has 1 aromatic carbocycles. The first-order valence-electron chi connectivity index (χ1n) is 5.54. The summed E-state index contributed by atoms with van der Waals surface area (Å²) >= 11 is 11.9. The van der Waals surface area contributed by atoms with Crippen LogP contribution in [0.2, 0.25) is 10.0 Å². The van der Waals surface area contributed by atoms with Gasteiger partial charge in [0, 0.05) is 13.6 Å². The number of halogens is 3. The molecule has 100 valence electrons. The van der Waals surface area contributed by atoms with Gasteiger partial charge in [0.1, 0.15) is 17.5 Å². The van der Waals surface area contributed by atoms with Crippen LogP contribution in [-0.4, -0.2) is 12.0 Å². The fourth-order valence-electron chi connectivity index (χ4n) is 1.68. The molecule has 3 nitrogen and oxygen atoms in total. The Balaban J connectivity index is 2.22. The van der Waals surface area contributed by atoms with Gasteiger partial charge in [0.05, 0.1) is 10.0 Å². The van der Waals surface area contributed by atoms with Crippen LogP contribution in [0, 0.1) is 5.82 Å². The number of rotatable bonds is 3. The van der Waals surface area contributed by atoms with Crippen molar-refractivity contribution >= 4 is 34.8 Å². The van der Waals surface area contributed by atoms with Crippen molar-refractivity contribution < 1.29 is 4.39 Å². The molecule has 2 aromatic rings. The smallest absolute Gasteiger partial charge is 0.149 e. The van der Waals surface area contributed by atoms with E-state index in [0.29, 0.717) is 22.4 Å². The number of benzene rings is 1. The summed E-state index contributed by atoms with van der Waals surface area (Å²) < 4.78 is 12.8. The Morgan fingerprint density at radius 3 is 2.47 bits per heavy atom. The Morgan fingerprint density at radius 1 is 1.21 bits per heavy atom. The summed E-state index contributed by atoms with van der Waals surface area (Å²) in [5.41, 5.74) is 6.60. The van der Waals surface area contributed by atoms with E-state index in [9.17, 15) is 4.39 Å². The SMILES string of the molecule is CN(Cc1ccc(F)cc1)c1nc(N)c(Cl)cc1Cl. The lowest BCUT2D eigenvalue weighted by Gasteiger charge is -2.20. The number of nitrogens with two attached hydrogens (primary N) is 1. The molecule has 2 N–H and O–H groups in total. The van der Waals surface area contributed by atoms with Crippen LogP contribution in [0.5, 0.6) is 0 Å². The fraction of sp³-hybridized carbons (Fsp3) is 0.154. The summed E-state index contributed by atoms with van der Waals surface area (Å²) in [6.07, 6.45) is 0. The summed E-state index contributed by atoms with van der Waals surface area (Å²) in [5.74, 6) is 0.498. The van der Waals surface area contributed by atoms with E-state index in [-0.39, 0.29) is 11.6 Å². The predicted molar refractivity (Wildman–Crippen MR) is 77.2 cm³/mol. The fourth-order valence-corrected chi connectivity index (χ4v) is 2.18. The lowest BCUT2D eigenvalue weighted by atomic mass is 10.2. The van der Waals surface area contributed by atoms with E-state index in [1.807, 2.05) is 11.9 Å². The van der Waals surface area contributed by atoms with Crippen LogP contribution >= 0.6 is 23.2 Å². The van der Waals surface area contributed by atoms with Gasteiger partial charge in [0.15, 0.2) is 0 Å². The van der Waals surface area contributed by atoms with E-state index in [1.54, 1.807) is 18.2 Å². The highest BCUT2D eigenvalue weighted by atomic mass is 35.5. The van der Waals surface area contributed by atoms with Crippen molar-refractivity contribution in [1.29, 1.82) is 0 Å². The van der Waals surface area contributed by atoms with Crippen molar-refractivity contribution in [2.24, 2.45) is 0 Å². The third kappa shape index (κ3) is 3.28. The van der Waals surface area contributed by atoms with Crippen LogP contribution in [0.15, 0.2) is 30.3 Å². The molecular weight excluding hydrogens is 288 g/mol. The maximum absolute atomic E-state index is 12.8. The molecule has 0 bridgehead atoms. The largest absolute Gasteiger partial charge is 0.382 e. The van der Waals surface area contributed by atoms with Gasteiger partial charge in [-0.2, -0.15) is 0 Å². The average molecular weight is 300 g/mol. The van der Waals surface area contributed by atoms with Crippen LogP contribution in [0.1, 0.15) is 5.56 Å². The van der Waals surface area contributed by atoms with E-state index < -0.39 is 0 Å². The molecule has 0 amide bonds. The molecule has 2 rings (SSSR count). The zero-order valence-electron chi connectivity index (χ0n) is 10.2. The molecule has 1 heterocycles. The van der Waals surface area contributed by atoms with Crippen molar-refractivity contribution in [3.05, 3.63) is 51.8 Å². The third-order valence-corrected chi connectivity index (χ3v) is 3.21. The van der Waals surface area contributed by atoms with Crippen molar-refractivity contribution in [2.45, 2.75) is 6.54 Å². The number of pyridine rings is 1. The Morgan fingerprint density at radius 2 is 1.84 bits per heavy atom. The summed E-state index contributed by atoms with van der Waals surface area (Å²) in [5, 5.41) is 0.743. The number of anilines is 2. The Bertz CT molecular complexity index is 587. The van der Waals surface area contributed by atoms with Crippen LogP contribution < -0.4 is 10.6 Å². The molecule has 19 heavy (non-hydrogen) atoms. The zero-order valence-corrected chi connectivity index (χ0v) is 11.7.